The third-order valence-electron chi connectivity index (χ3n) is 2.58. The van der Waals surface area contributed by atoms with Gasteiger partial charge in [-0.2, -0.15) is 5.10 Å². The lowest BCUT2D eigenvalue weighted by Gasteiger charge is -2.04. The Morgan fingerprint density at radius 3 is 3.00 bits per heavy atom. The first-order chi connectivity index (χ1) is 8.68. The lowest BCUT2D eigenvalue weighted by molar-refractivity contribution is -0.137. The Kier molecular flexibility index (Phi) is 3.57. The molecule has 0 aliphatic rings. The molecule has 1 heterocycles. The van der Waals surface area contributed by atoms with Gasteiger partial charge in [0, 0.05) is 18.4 Å². The average Bonchev–Trinajstić information content (AvgIpc) is 2.82. The molecule has 6 nitrogen and oxygen atoms in total. The molecule has 0 unspecified atom stereocenters. The molecule has 0 spiro atoms. The highest BCUT2D eigenvalue weighted by Gasteiger charge is 2.10. The number of carbonyl (C=O) groups excluding carboxylic acids is 1. The topological polar surface area (TPSA) is 95.1 Å². The zero-order valence-corrected chi connectivity index (χ0v) is 9.64. The third-order valence-corrected chi connectivity index (χ3v) is 2.58. The van der Waals surface area contributed by atoms with Crippen LogP contribution < -0.4 is 5.32 Å². The SMILES string of the molecule is O=C(O)CCCNC(=O)c1cccc2[nH]ncc12. The van der Waals surface area contributed by atoms with Gasteiger partial charge in [0.1, 0.15) is 0 Å². The lowest BCUT2D eigenvalue weighted by atomic mass is 10.1. The van der Waals surface area contributed by atoms with E-state index in [4.69, 9.17) is 5.11 Å². The van der Waals surface area contributed by atoms with Crippen LogP contribution in [0, 0.1) is 0 Å². The Bertz CT molecular complexity index is 577. The summed E-state index contributed by atoms with van der Waals surface area (Å²) in [6.07, 6.45) is 2.07. The number of carboxylic acids is 1. The molecule has 94 valence electrons. The van der Waals surface area contributed by atoms with E-state index >= 15 is 0 Å². The van der Waals surface area contributed by atoms with Crippen LogP contribution in [0.1, 0.15) is 23.2 Å². The van der Waals surface area contributed by atoms with Gasteiger partial charge < -0.3 is 10.4 Å². The van der Waals surface area contributed by atoms with E-state index in [1.807, 2.05) is 6.07 Å². The summed E-state index contributed by atoms with van der Waals surface area (Å²) in [5.74, 6) is -1.08. The smallest absolute Gasteiger partial charge is 0.303 e. The molecule has 2 aromatic rings. The number of benzene rings is 1. The van der Waals surface area contributed by atoms with Crippen LogP contribution in [0.3, 0.4) is 0 Å². The Hall–Kier alpha value is -2.37. The maximum absolute atomic E-state index is 11.9. The number of amides is 1. The summed E-state index contributed by atoms with van der Waals surface area (Å²) < 4.78 is 0. The molecule has 0 radical (unpaired) electrons. The average molecular weight is 247 g/mol. The van der Waals surface area contributed by atoms with Crippen LogP contribution in [0.4, 0.5) is 0 Å². The summed E-state index contributed by atoms with van der Waals surface area (Å²) in [4.78, 5) is 22.2. The Morgan fingerprint density at radius 1 is 1.39 bits per heavy atom. The third kappa shape index (κ3) is 2.65. The number of fused-ring (bicyclic) bond motifs is 1. The van der Waals surface area contributed by atoms with Crippen molar-refractivity contribution in [2.75, 3.05) is 6.54 Å². The second-order valence-electron chi connectivity index (χ2n) is 3.89. The van der Waals surface area contributed by atoms with E-state index in [-0.39, 0.29) is 12.3 Å². The molecular weight excluding hydrogens is 234 g/mol. The quantitative estimate of drug-likeness (QED) is 0.691. The Morgan fingerprint density at radius 2 is 2.22 bits per heavy atom. The number of carboxylic acid groups (broad SMARTS) is 1. The second kappa shape index (κ2) is 5.31. The summed E-state index contributed by atoms with van der Waals surface area (Å²) >= 11 is 0. The van der Waals surface area contributed by atoms with E-state index in [9.17, 15) is 9.59 Å². The van der Waals surface area contributed by atoms with Crippen molar-refractivity contribution in [3.05, 3.63) is 30.0 Å². The molecule has 1 aromatic heterocycles. The molecule has 18 heavy (non-hydrogen) atoms. The van der Waals surface area contributed by atoms with Crippen molar-refractivity contribution in [2.24, 2.45) is 0 Å². The molecule has 0 saturated carbocycles. The number of aliphatic carboxylic acids is 1. The van der Waals surface area contributed by atoms with Crippen molar-refractivity contribution in [1.82, 2.24) is 15.5 Å². The molecule has 0 aliphatic heterocycles. The van der Waals surface area contributed by atoms with E-state index < -0.39 is 5.97 Å². The van der Waals surface area contributed by atoms with E-state index in [1.165, 1.54) is 0 Å². The number of hydrogen-bond donors (Lipinski definition) is 3. The second-order valence-corrected chi connectivity index (χ2v) is 3.89. The molecule has 2 rings (SSSR count). The van der Waals surface area contributed by atoms with Crippen LogP contribution in [0.5, 0.6) is 0 Å². The number of rotatable bonds is 5. The highest BCUT2D eigenvalue weighted by atomic mass is 16.4. The Labute approximate surface area is 103 Å². The number of carbonyl (C=O) groups is 2. The minimum atomic E-state index is -0.860. The minimum Gasteiger partial charge on any atom is -0.481 e. The predicted octanol–water partition coefficient (Wildman–Crippen LogP) is 1.16. The van der Waals surface area contributed by atoms with Crippen LogP contribution >= 0.6 is 0 Å². The van der Waals surface area contributed by atoms with Gasteiger partial charge in [0.15, 0.2) is 0 Å². The molecular formula is C12H13N3O3. The number of nitrogens with zero attached hydrogens (tertiary/aromatic N) is 1. The summed E-state index contributed by atoms with van der Waals surface area (Å²) in [6, 6.07) is 5.32. The molecule has 0 atom stereocenters. The molecule has 1 aromatic carbocycles. The molecule has 6 heteroatoms. The monoisotopic (exact) mass is 247 g/mol. The van der Waals surface area contributed by atoms with Crippen molar-refractivity contribution in [1.29, 1.82) is 0 Å². The molecule has 1 amide bonds. The summed E-state index contributed by atoms with van der Waals surface area (Å²) in [7, 11) is 0. The first-order valence-electron chi connectivity index (χ1n) is 5.60. The summed E-state index contributed by atoms with van der Waals surface area (Å²) in [5, 5.41) is 18.6. The van der Waals surface area contributed by atoms with E-state index in [1.54, 1.807) is 18.3 Å². The zero-order valence-electron chi connectivity index (χ0n) is 9.64. The number of aromatic nitrogens is 2. The fourth-order valence-electron chi connectivity index (χ4n) is 1.70. The fraction of sp³-hybridized carbons (Fsp3) is 0.250. The molecule has 0 aliphatic carbocycles. The zero-order chi connectivity index (χ0) is 13.0. The molecule has 0 fully saturated rings. The van der Waals surface area contributed by atoms with Crippen molar-refractivity contribution in [2.45, 2.75) is 12.8 Å². The van der Waals surface area contributed by atoms with Crippen molar-refractivity contribution in [3.63, 3.8) is 0 Å². The highest BCUT2D eigenvalue weighted by molar-refractivity contribution is 6.05. The normalized spacial score (nSPS) is 10.4. The van der Waals surface area contributed by atoms with Crippen molar-refractivity contribution >= 4 is 22.8 Å². The number of hydrogen-bond acceptors (Lipinski definition) is 3. The van der Waals surface area contributed by atoms with E-state index in [0.29, 0.717) is 18.5 Å². The maximum atomic E-state index is 11.9. The summed E-state index contributed by atoms with van der Waals surface area (Å²) in [6.45, 7) is 0.347. The standard InChI is InChI=1S/C12H13N3O3/c16-11(17)5-2-6-13-12(18)8-3-1-4-10-9(8)7-14-15-10/h1,3-4,7H,2,5-6H2,(H,13,18)(H,14,15)(H,16,17). The highest BCUT2D eigenvalue weighted by Crippen LogP contribution is 2.15. The van der Waals surface area contributed by atoms with Gasteiger partial charge in [-0.3, -0.25) is 14.7 Å². The maximum Gasteiger partial charge on any atom is 0.303 e. The predicted molar refractivity (Wildman–Crippen MR) is 65.3 cm³/mol. The Balaban J connectivity index is 2.00. The van der Waals surface area contributed by atoms with Crippen LogP contribution in [0.25, 0.3) is 10.9 Å². The molecule has 0 bridgehead atoms. The van der Waals surface area contributed by atoms with Gasteiger partial charge in [0.25, 0.3) is 5.91 Å². The van der Waals surface area contributed by atoms with Gasteiger partial charge in [-0.25, -0.2) is 0 Å². The van der Waals surface area contributed by atoms with Crippen LogP contribution in [0.15, 0.2) is 24.4 Å². The van der Waals surface area contributed by atoms with Gasteiger partial charge in [-0.05, 0) is 18.6 Å². The number of nitrogens with one attached hydrogen (secondary N) is 2. The van der Waals surface area contributed by atoms with Gasteiger partial charge in [0.05, 0.1) is 17.3 Å². The molecule has 0 saturated heterocycles. The largest absolute Gasteiger partial charge is 0.481 e. The van der Waals surface area contributed by atoms with Crippen LogP contribution in [-0.2, 0) is 4.79 Å². The van der Waals surface area contributed by atoms with E-state index in [2.05, 4.69) is 15.5 Å². The van der Waals surface area contributed by atoms with Gasteiger partial charge in [-0.15, -0.1) is 0 Å². The van der Waals surface area contributed by atoms with Crippen molar-refractivity contribution in [3.8, 4) is 0 Å². The van der Waals surface area contributed by atoms with Gasteiger partial charge in [0.2, 0.25) is 0 Å². The minimum absolute atomic E-state index is 0.0518. The number of aromatic amines is 1. The first kappa shape index (κ1) is 12.1. The lowest BCUT2D eigenvalue weighted by Crippen LogP contribution is -2.25. The van der Waals surface area contributed by atoms with Gasteiger partial charge >= 0.3 is 5.97 Å². The molecule has 3 N–H and O–H groups in total. The van der Waals surface area contributed by atoms with Crippen LogP contribution in [0.2, 0.25) is 0 Å². The summed E-state index contributed by atoms with van der Waals surface area (Å²) in [5.41, 5.74) is 1.34. The fourth-order valence-corrected chi connectivity index (χ4v) is 1.70. The van der Waals surface area contributed by atoms with Crippen molar-refractivity contribution < 1.29 is 14.7 Å². The van der Waals surface area contributed by atoms with Crippen LogP contribution in [-0.4, -0.2) is 33.7 Å². The van der Waals surface area contributed by atoms with Gasteiger partial charge in [-0.1, -0.05) is 6.07 Å². The first-order valence-corrected chi connectivity index (χ1v) is 5.60. The number of H-pyrrole nitrogens is 1. The van der Waals surface area contributed by atoms with E-state index in [0.717, 1.165) is 10.9 Å².